The van der Waals surface area contributed by atoms with Gasteiger partial charge in [-0.2, -0.15) is 5.26 Å². The van der Waals surface area contributed by atoms with Crippen LogP contribution in [0.3, 0.4) is 0 Å². The predicted molar refractivity (Wildman–Crippen MR) is 73.7 cm³/mol. The minimum absolute atomic E-state index is 0.161. The highest BCUT2D eigenvalue weighted by atomic mass is 16.5. The van der Waals surface area contributed by atoms with E-state index in [1.807, 2.05) is 6.07 Å². The van der Waals surface area contributed by atoms with E-state index in [0.717, 1.165) is 6.42 Å². The van der Waals surface area contributed by atoms with Crippen LogP contribution in [0.1, 0.15) is 18.4 Å². The topological polar surface area (TPSA) is 79.3 Å². The first-order valence-electron chi connectivity index (χ1n) is 6.12. The third-order valence-corrected chi connectivity index (χ3v) is 2.87. The molecule has 0 aliphatic heterocycles. The molecule has 0 radical (unpaired) electrons. The van der Waals surface area contributed by atoms with Crippen LogP contribution in [-0.2, 0) is 9.53 Å². The Kier molecular flexibility index (Phi) is 6.00. The molecule has 1 amide bonds. The second kappa shape index (κ2) is 7.52. The number of methoxy groups -OCH3 is 1. The van der Waals surface area contributed by atoms with Crippen LogP contribution in [0.5, 0.6) is 0 Å². The zero-order chi connectivity index (χ0) is 14.3. The van der Waals surface area contributed by atoms with Crippen molar-refractivity contribution in [2.45, 2.75) is 18.9 Å². The van der Waals surface area contributed by atoms with Crippen LogP contribution in [-0.4, -0.2) is 32.7 Å². The van der Waals surface area contributed by atoms with Gasteiger partial charge in [-0.05, 0) is 31.0 Å². The van der Waals surface area contributed by atoms with E-state index < -0.39 is 6.04 Å². The molecule has 1 rings (SSSR count). The molecule has 19 heavy (non-hydrogen) atoms. The second-order valence-corrected chi connectivity index (χ2v) is 4.30. The number of nitrogens with two attached hydrogens (primary N) is 1. The van der Waals surface area contributed by atoms with Crippen molar-refractivity contribution in [1.29, 1.82) is 5.26 Å². The summed E-state index contributed by atoms with van der Waals surface area (Å²) in [4.78, 5) is 13.6. The summed E-state index contributed by atoms with van der Waals surface area (Å²) in [5.41, 5.74) is 7.05. The van der Waals surface area contributed by atoms with Gasteiger partial charge in [-0.1, -0.05) is 6.07 Å². The van der Waals surface area contributed by atoms with Crippen molar-refractivity contribution in [2.75, 3.05) is 25.7 Å². The van der Waals surface area contributed by atoms with Gasteiger partial charge >= 0.3 is 0 Å². The van der Waals surface area contributed by atoms with E-state index in [0.29, 0.717) is 24.3 Å². The standard InChI is InChI=1S/C14H19N3O2/c1-17(12-6-3-5-11(9-12)10-15)14(18)13(16)7-4-8-19-2/h3,5-6,9,13H,4,7-8,16H2,1-2H3. The minimum Gasteiger partial charge on any atom is -0.385 e. The van der Waals surface area contributed by atoms with Gasteiger partial charge in [0.1, 0.15) is 0 Å². The molecule has 1 unspecified atom stereocenters. The predicted octanol–water partition coefficient (Wildman–Crippen LogP) is 1.27. The second-order valence-electron chi connectivity index (χ2n) is 4.30. The van der Waals surface area contributed by atoms with Crippen LogP contribution in [0.25, 0.3) is 0 Å². The zero-order valence-electron chi connectivity index (χ0n) is 11.3. The molecular formula is C14H19N3O2. The number of anilines is 1. The Balaban J connectivity index is 2.68. The average molecular weight is 261 g/mol. The molecule has 0 saturated carbocycles. The van der Waals surface area contributed by atoms with Gasteiger partial charge in [0, 0.05) is 26.5 Å². The Morgan fingerprint density at radius 2 is 2.32 bits per heavy atom. The first kappa shape index (κ1) is 15.2. The van der Waals surface area contributed by atoms with Crippen LogP contribution >= 0.6 is 0 Å². The molecule has 1 atom stereocenters. The fourth-order valence-electron chi connectivity index (χ4n) is 1.73. The number of carbonyl (C=O) groups excluding carboxylic acids is 1. The molecule has 0 fully saturated rings. The highest BCUT2D eigenvalue weighted by Gasteiger charge is 2.18. The maximum atomic E-state index is 12.1. The van der Waals surface area contributed by atoms with Crippen molar-refractivity contribution in [3.05, 3.63) is 29.8 Å². The van der Waals surface area contributed by atoms with E-state index in [2.05, 4.69) is 0 Å². The van der Waals surface area contributed by atoms with Gasteiger partial charge < -0.3 is 15.4 Å². The Morgan fingerprint density at radius 3 is 2.95 bits per heavy atom. The first-order valence-corrected chi connectivity index (χ1v) is 6.12. The lowest BCUT2D eigenvalue weighted by molar-refractivity contribution is -0.119. The normalized spacial score (nSPS) is 11.7. The van der Waals surface area contributed by atoms with Crippen LogP contribution in [0.4, 0.5) is 5.69 Å². The lowest BCUT2D eigenvalue weighted by Crippen LogP contribution is -2.42. The van der Waals surface area contributed by atoms with Gasteiger partial charge in [0.15, 0.2) is 0 Å². The number of ether oxygens (including phenoxy) is 1. The van der Waals surface area contributed by atoms with Gasteiger partial charge in [-0.3, -0.25) is 4.79 Å². The number of likely N-dealkylation sites (N-methyl/N-ethyl adjacent to an activating group) is 1. The number of hydrogen-bond acceptors (Lipinski definition) is 4. The monoisotopic (exact) mass is 261 g/mol. The van der Waals surface area contributed by atoms with Crippen LogP contribution in [0.15, 0.2) is 24.3 Å². The molecular weight excluding hydrogens is 242 g/mol. The fraction of sp³-hybridized carbons (Fsp3) is 0.429. The number of nitriles is 1. The molecule has 0 aliphatic rings. The molecule has 1 aromatic rings. The summed E-state index contributed by atoms with van der Waals surface area (Å²) in [5, 5.41) is 8.84. The fourth-order valence-corrected chi connectivity index (χ4v) is 1.73. The largest absolute Gasteiger partial charge is 0.385 e. The molecule has 1 aromatic carbocycles. The number of rotatable bonds is 6. The Labute approximate surface area is 113 Å². The summed E-state index contributed by atoms with van der Waals surface area (Å²) >= 11 is 0. The number of amides is 1. The summed E-state index contributed by atoms with van der Waals surface area (Å²) in [5.74, 6) is -0.161. The first-order chi connectivity index (χ1) is 9.10. The lowest BCUT2D eigenvalue weighted by atomic mass is 10.1. The Morgan fingerprint density at radius 1 is 1.58 bits per heavy atom. The van der Waals surface area contributed by atoms with Gasteiger partial charge in [0.2, 0.25) is 5.91 Å². The smallest absolute Gasteiger partial charge is 0.243 e. The van der Waals surface area contributed by atoms with Crippen LogP contribution in [0, 0.1) is 11.3 Å². The SMILES string of the molecule is COCCCC(N)C(=O)N(C)c1cccc(C#N)c1. The maximum Gasteiger partial charge on any atom is 0.243 e. The number of hydrogen-bond donors (Lipinski definition) is 1. The zero-order valence-corrected chi connectivity index (χ0v) is 11.3. The van der Waals surface area contributed by atoms with Gasteiger partial charge in [-0.25, -0.2) is 0 Å². The van der Waals surface area contributed by atoms with Crippen LogP contribution < -0.4 is 10.6 Å². The van der Waals surface area contributed by atoms with Crippen LogP contribution in [0.2, 0.25) is 0 Å². The quantitative estimate of drug-likeness (QED) is 0.782. The molecule has 102 valence electrons. The van der Waals surface area contributed by atoms with Gasteiger partial charge in [0.05, 0.1) is 17.7 Å². The molecule has 5 nitrogen and oxygen atoms in total. The number of nitrogens with zero attached hydrogens (tertiary/aromatic N) is 2. The van der Waals surface area contributed by atoms with Crippen molar-refractivity contribution in [3.63, 3.8) is 0 Å². The summed E-state index contributed by atoms with van der Waals surface area (Å²) < 4.78 is 4.93. The van der Waals surface area contributed by atoms with Crippen molar-refractivity contribution < 1.29 is 9.53 Å². The number of benzene rings is 1. The van der Waals surface area contributed by atoms with E-state index in [9.17, 15) is 4.79 Å². The molecule has 0 aromatic heterocycles. The van der Waals surface area contributed by atoms with E-state index in [-0.39, 0.29) is 5.91 Å². The molecule has 0 aliphatic carbocycles. The van der Waals surface area contributed by atoms with E-state index in [1.54, 1.807) is 38.4 Å². The number of carbonyl (C=O) groups is 1. The third-order valence-electron chi connectivity index (χ3n) is 2.87. The summed E-state index contributed by atoms with van der Waals surface area (Å²) in [6.07, 6.45) is 1.32. The van der Waals surface area contributed by atoms with E-state index in [1.165, 1.54) is 4.90 Å². The van der Waals surface area contributed by atoms with Crippen molar-refractivity contribution in [1.82, 2.24) is 0 Å². The Bertz CT molecular complexity index is 468. The van der Waals surface area contributed by atoms with Crippen molar-refractivity contribution in [2.24, 2.45) is 5.73 Å². The highest BCUT2D eigenvalue weighted by Crippen LogP contribution is 2.15. The van der Waals surface area contributed by atoms with E-state index >= 15 is 0 Å². The third kappa shape index (κ3) is 4.36. The van der Waals surface area contributed by atoms with Gasteiger partial charge in [-0.15, -0.1) is 0 Å². The molecule has 0 saturated heterocycles. The van der Waals surface area contributed by atoms with E-state index in [4.69, 9.17) is 15.7 Å². The maximum absolute atomic E-state index is 12.1. The summed E-state index contributed by atoms with van der Waals surface area (Å²) in [7, 11) is 3.28. The Hall–Kier alpha value is -1.90. The minimum atomic E-state index is -0.550. The molecule has 0 heterocycles. The summed E-state index contributed by atoms with van der Waals surface area (Å²) in [6, 6.07) is 8.38. The molecule has 5 heteroatoms. The van der Waals surface area contributed by atoms with Crippen molar-refractivity contribution in [3.8, 4) is 6.07 Å². The average Bonchev–Trinajstić information content (AvgIpc) is 2.45. The molecule has 2 N–H and O–H groups in total. The lowest BCUT2D eigenvalue weighted by Gasteiger charge is -2.21. The molecule has 0 bridgehead atoms. The van der Waals surface area contributed by atoms with Crippen molar-refractivity contribution >= 4 is 11.6 Å². The summed E-state index contributed by atoms with van der Waals surface area (Å²) in [6.45, 7) is 0.592. The van der Waals surface area contributed by atoms with Gasteiger partial charge in [0.25, 0.3) is 0 Å². The highest BCUT2D eigenvalue weighted by molar-refractivity contribution is 5.96. The molecule has 0 spiro atoms.